The minimum absolute atomic E-state index is 0.166. The van der Waals surface area contributed by atoms with Gasteiger partial charge in [0.05, 0.1) is 12.2 Å². The molecule has 3 aromatic rings. The van der Waals surface area contributed by atoms with E-state index in [4.69, 9.17) is 0 Å². The topological polar surface area (TPSA) is 85.6 Å². The van der Waals surface area contributed by atoms with E-state index in [0.29, 0.717) is 17.9 Å². The maximum Gasteiger partial charge on any atom is 0.251 e. The van der Waals surface area contributed by atoms with Crippen molar-refractivity contribution in [2.24, 2.45) is 0 Å². The van der Waals surface area contributed by atoms with Crippen LogP contribution in [-0.4, -0.2) is 36.9 Å². The first-order chi connectivity index (χ1) is 11.3. The monoisotopic (exact) mass is 346 g/mol. The van der Waals surface area contributed by atoms with Crippen molar-refractivity contribution in [3.63, 3.8) is 0 Å². The van der Waals surface area contributed by atoms with Crippen LogP contribution in [0.4, 0.5) is 0 Å². The molecule has 0 bridgehead atoms. The molecule has 7 nitrogen and oxygen atoms in total. The molecule has 0 aliphatic heterocycles. The van der Waals surface area contributed by atoms with Crippen molar-refractivity contribution in [2.45, 2.75) is 12.3 Å². The number of thioether (sulfide) groups is 1. The van der Waals surface area contributed by atoms with Gasteiger partial charge in [0.15, 0.2) is 0 Å². The molecule has 0 atom stereocenters. The molecule has 9 heteroatoms. The fourth-order valence-corrected chi connectivity index (χ4v) is 3.43. The van der Waals surface area contributed by atoms with Crippen molar-refractivity contribution >= 4 is 29.0 Å². The zero-order valence-electron chi connectivity index (χ0n) is 12.3. The molecule has 0 spiro atoms. The first-order valence-corrected chi connectivity index (χ1v) is 9.05. The molecular formula is C14H14N6OS2. The second-order valence-corrected chi connectivity index (χ2v) is 6.43. The van der Waals surface area contributed by atoms with Crippen LogP contribution in [-0.2, 0) is 12.3 Å². The Bertz CT molecular complexity index is 786. The standard InChI is InChI=1S/C14H14N6OS2/c1-22-7-13-19-11(6-23-13)5-16-14(21)10-2-3-15-12(4-10)20-8-17-18-9-20/h2-4,6,8-9H,5,7H2,1H3,(H,16,21). The number of hydrogen-bond donors (Lipinski definition) is 1. The Kier molecular flexibility index (Phi) is 4.99. The highest BCUT2D eigenvalue weighted by Crippen LogP contribution is 2.15. The molecule has 0 radical (unpaired) electrons. The summed E-state index contributed by atoms with van der Waals surface area (Å²) in [6.07, 6.45) is 6.70. The van der Waals surface area contributed by atoms with Gasteiger partial charge in [0, 0.05) is 22.9 Å². The van der Waals surface area contributed by atoms with Gasteiger partial charge in [-0.25, -0.2) is 9.97 Å². The lowest BCUT2D eigenvalue weighted by atomic mass is 10.2. The molecule has 0 unspecified atom stereocenters. The van der Waals surface area contributed by atoms with Gasteiger partial charge in [-0.3, -0.25) is 9.36 Å². The highest BCUT2D eigenvalue weighted by Gasteiger charge is 2.09. The molecular weight excluding hydrogens is 332 g/mol. The first-order valence-electron chi connectivity index (χ1n) is 6.77. The third kappa shape index (κ3) is 3.93. The number of nitrogens with one attached hydrogen (secondary N) is 1. The summed E-state index contributed by atoms with van der Waals surface area (Å²) in [6.45, 7) is 0.411. The summed E-state index contributed by atoms with van der Waals surface area (Å²) in [4.78, 5) is 20.9. The number of rotatable bonds is 6. The number of nitrogens with zero attached hydrogens (tertiary/aromatic N) is 5. The Labute approximate surface area is 141 Å². The van der Waals surface area contributed by atoms with Gasteiger partial charge in [0.1, 0.15) is 23.5 Å². The van der Waals surface area contributed by atoms with Crippen LogP contribution < -0.4 is 5.32 Å². The highest BCUT2D eigenvalue weighted by molar-refractivity contribution is 7.97. The van der Waals surface area contributed by atoms with E-state index in [-0.39, 0.29) is 5.91 Å². The average Bonchev–Trinajstić information content (AvgIpc) is 3.25. The smallest absolute Gasteiger partial charge is 0.251 e. The van der Waals surface area contributed by atoms with Gasteiger partial charge < -0.3 is 5.32 Å². The maximum atomic E-state index is 12.3. The molecule has 118 valence electrons. The van der Waals surface area contributed by atoms with Crippen molar-refractivity contribution in [1.29, 1.82) is 0 Å². The Morgan fingerprint density at radius 2 is 2.22 bits per heavy atom. The van der Waals surface area contributed by atoms with Crippen molar-refractivity contribution < 1.29 is 4.79 Å². The molecule has 0 saturated carbocycles. The van der Waals surface area contributed by atoms with Gasteiger partial charge in [0.25, 0.3) is 5.91 Å². The molecule has 23 heavy (non-hydrogen) atoms. The summed E-state index contributed by atoms with van der Waals surface area (Å²) >= 11 is 3.34. The van der Waals surface area contributed by atoms with Crippen molar-refractivity contribution in [1.82, 2.24) is 30.0 Å². The van der Waals surface area contributed by atoms with Gasteiger partial charge in [-0.05, 0) is 18.4 Å². The predicted molar refractivity (Wildman–Crippen MR) is 89.7 cm³/mol. The predicted octanol–water partition coefficient (Wildman–Crippen LogP) is 1.91. The van der Waals surface area contributed by atoms with E-state index < -0.39 is 0 Å². The normalized spacial score (nSPS) is 10.7. The molecule has 0 aromatic carbocycles. The molecule has 1 amide bonds. The molecule has 0 fully saturated rings. The minimum Gasteiger partial charge on any atom is -0.346 e. The van der Waals surface area contributed by atoms with E-state index in [9.17, 15) is 4.79 Å². The number of hydrogen-bond acceptors (Lipinski definition) is 7. The number of carbonyl (C=O) groups excluding carboxylic acids is 1. The SMILES string of the molecule is CSCc1nc(CNC(=O)c2ccnc(-n3cnnc3)c2)cs1. The van der Waals surface area contributed by atoms with Crippen LogP contribution in [0.15, 0.2) is 36.4 Å². The summed E-state index contributed by atoms with van der Waals surface area (Å²) in [7, 11) is 0. The molecule has 1 N–H and O–H groups in total. The summed E-state index contributed by atoms with van der Waals surface area (Å²) in [6, 6.07) is 3.36. The third-order valence-electron chi connectivity index (χ3n) is 2.99. The first kappa shape index (κ1) is 15.6. The molecule has 0 saturated heterocycles. The number of aromatic nitrogens is 5. The Morgan fingerprint density at radius 1 is 1.39 bits per heavy atom. The largest absolute Gasteiger partial charge is 0.346 e. The Morgan fingerprint density at radius 3 is 3.00 bits per heavy atom. The van der Waals surface area contributed by atoms with E-state index >= 15 is 0 Å². The van der Waals surface area contributed by atoms with E-state index in [1.54, 1.807) is 46.0 Å². The van der Waals surface area contributed by atoms with Gasteiger partial charge >= 0.3 is 0 Å². The molecule has 0 aliphatic rings. The lowest BCUT2D eigenvalue weighted by Gasteiger charge is -2.05. The van der Waals surface area contributed by atoms with Crippen molar-refractivity contribution in [3.05, 3.63) is 52.6 Å². The lowest BCUT2D eigenvalue weighted by Crippen LogP contribution is -2.23. The molecule has 0 aliphatic carbocycles. The van der Waals surface area contributed by atoms with Crippen molar-refractivity contribution in [3.8, 4) is 5.82 Å². The van der Waals surface area contributed by atoms with Crippen LogP contribution in [0.3, 0.4) is 0 Å². The highest BCUT2D eigenvalue weighted by atomic mass is 32.2. The van der Waals surface area contributed by atoms with E-state index in [2.05, 4.69) is 25.5 Å². The Balaban J connectivity index is 1.65. The lowest BCUT2D eigenvalue weighted by molar-refractivity contribution is 0.0950. The van der Waals surface area contributed by atoms with E-state index in [1.807, 2.05) is 11.6 Å². The van der Waals surface area contributed by atoms with Crippen LogP contribution in [0.2, 0.25) is 0 Å². The quantitative estimate of drug-likeness (QED) is 0.734. The van der Waals surface area contributed by atoms with Gasteiger partial charge in [-0.1, -0.05) is 0 Å². The third-order valence-corrected chi connectivity index (χ3v) is 4.63. The minimum atomic E-state index is -0.166. The molecule has 3 heterocycles. The number of thiazole rings is 1. The number of carbonyl (C=O) groups is 1. The summed E-state index contributed by atoms with van der Waals surface area (Å²) in [5, 5.41) is 13.4. The van der Waals surface area contributed by atoms with Crippen molar-refractivity contribution in [2.75, 3.05) is 6.26 Å². The fraction of sp³-hybridized carbons (Fsp3) is 0.214. The molecule has 3 rings (SSSR count). The molecule has 3 aromatic heterocycles. The average molecular weight is 346 g/mol. The van der Waals surface area contributed by atoms with E-state index in [0.717, 1.165) is 16.5 Å². The van der Waals surface area contributed by atoms with Crippen LogP contribution in [0, 0.1) is 0 Å². The summed E-state index contributed by atoms with van der Waals surface area (Å²) in [5.74, 6) is 1.32. The summed E-state index contributed by atoms with van der Waals surface area (Å²) in [5.41, 5.74) is 1.41. The van der Waals surface area contributed by atoms with Crippen LogP contribution in [0.1, 0.15) is 21.1 Å². The van der Waals surface area contributed by atoms with Crippen LogP contribution >= 0.6 is 23.1 Å². The maximum absolute atomic E-state index is 12.3. The van der Waals surface area contributed by atoms with Crippen LogP contribution in [0.25, 0.3) is 5.82 Å². The summed E-state index contributed by atoms with van der Waals surface area (Å²) < 4.78 is 1.64. The zero-order valence-corrected chi connectivity index (χ0v) is 14.0. The van der Waals surface area contributed by atoms with Gasteiger partial charge in [0.2, 0.25) is 0 Å². The number of amides is 1. The number of pyridine rings is 1. The zero-order chi connectivity index (χ0) is 16.1. The second kappa shape index (κ2) is 7.34. The van der Waals surface area contributed by atoms with Gasteiger partial charge in [-0.15, -0.1) is 21.5 Å². The van der Waals surface area contributed by atoms with Gasteiger partial charge in [-0.2, -0.15) is 11.8 Å². The fourth-order valence-electron chi connectivity index (χ4n) is 1.91. The van der Waals surface area contributed by atoms with Crippen LogP contribution in [0.5, 0.6) is 0 Å². The Hall–Kier alpha value is -2.26. The second-order valence-electron chi connectivity index (χ2n) is 4.62. The van der Waals surface area contributed by atoms with E-state index in [1.165, 1.54) is 12.7 Å².